The molecule has 2 N–H and O–H groups in total. The van der Waals surface area contributed by atoms with Crippen LogP contribution in [0.4, 0.5) is 0 Å². The molecule has 0 heterocycles. The van der Waals surface area contributed by atoms with E-state index in [4.69, 9.17) is 0 Å². The van der Waals surface area contributed by atoms with Crippen LogP contribution in [0.5, 0.6) is 0 Å². The van der Waals surface area contributed by atoms with Crippen molar-refractivity contribution in [3.05, 3.63) is 71.3 Å². The monoisotopic (exact) mass is 310 g/mol. The van der Waals surface area contributed by atoms with Crippen molar-refractivity contribution in [3.63, 3.8) is 0 Å². The van der Waals surface area contributed by atoms with Crippen molar-refractivity contribution in [2.45, 2.75) is 32.9 Å². The fourth-order valence-corrected chi connectivity index (χ4v) is 2.23. The molecule has 1 atom stereocenters. The normalized spacial score (nSPS) is 11.8. The number of amides is 2. The highest BCUT2D eigenvalue weighted by atomic mass is 16.2. The first-order valence-electron chi connectivity index (χ1n) is 7.70. The standard InChI is InChI=1S/C19H22N2O2/c1-13(2)20-19(23)17(15-7-5-4-6-8-15)21-18(22)16-11-9-14(3)10-12-16/h4-13,17H,1-3H3,(H,20,23)(H,21,22)/t17-/m0/s1. The van der Waals surface area contributed by atoms with E-state index in [1.807, 2.05) is 63.2 Å². The van der Waals surface area contributed by atoms with E-state index in [2.05, 4.69) is 10.6 Å². The Labute approximate surface area is 136 Å². The summed E-state index contributed by atoms with van der Waals surface area (Å²) in [6.07, 6.45) is 0. The zero-order valence-corrected chi connectivity index (χ0v) is 13.7. The maximum Gasteiger partial charge on any atom is 0.252 e. The van der Waals surface area contributed by atoms with Crippen LogP contribution in [0, 0.1) is 6.92 Å². The van der Waals surface area contributed by atoms with Crippen LogP contribution in [0.3, 0.4) is 0 Å². The number of hydrogen-bond acceptors (Lipinski definition) is 2. The van der Waals surface area contributed by atoms with E-state index in [9.17, 15) is 9.59 Å². The zero-order chi connectivity index (χ0) is 16.8. The third-order valence-corrected chi connectivity index (χ3v) is 3.42. The van der Waals surface area contributed by atoms with Crippen LogP contribution < -0.4 is 10.6 Å². The Kier molecular flexibility index (Phi) is 5.52. The molecule has 0 aliphatic rings. The van der Waals surface area contributed by atoms with Gasteiger partial charge < -0.3 is 10.6 Å². The van der Waals surface area contributed by atoms with E-state index in [0.29, 0.717) is 5.56 Å². The van der Waals surface area contributed by atoms with Gasteiger partial charge in [-0.2, -0.15) is 0 Å². The summed E-state index contributed by atoms with van der Waals surface area (Å²) < 4.78 is 0. The number of rotatable bonds is 5. The molecule has 0 bridgehead atoms. The Balaban J connectivity index is 2.22. The number of aryl methyl sites for hydroxylation is 1. The van der Waals surface area contributed by atoms with Gasteiger partial charge in [0.05, 0.1) is 0 Å². The molecule has 120 valence electrons. The van der Waals surface area contributed by atoms with Gasteiger partial charge in [-0.25, -0.2) is 0 Å². The molecule has 4 nitrogen and oxygen atoms in total. The molecule has 0 aliphatic carbocycles. The zero-order valence-electron chi connectivity index (χ0n) is 13.7. The first kappa shape index (κ1) is 16.7. The van der Waals surface area contributed by atoms with Crippen molar-refractivity contribution in [1.82, 2.24) is 10.6 Å². The highest BCUT2D eigenvalue weighted by Gasteiger charge is 2.23. The van der Waals surface area contributed by atoms with E-state index >= 15 is 0 Å². The largest absolute Gasteiger partial charge is 0.352 e. The molecule has 0 spiro atoms. The van der Waals surface area contributed by atoms with Crippen LogP contribution in [0.25, 0.3) is 0 Å². The molecule has 0 fully saturated rings. The topological polar surface area (TPSA) is 58.2 Å². The van der Waals surface area contributed by atoms with Gasteiger partial charge in [-0.15, -0.1) is 0 Å². The predicted molar refractivity (Wildman–Crippen MR) is 91.1 cm³/mol. The second kappa shape index (κ2) is 7.58. The van der Waals surface area contributed by atoms with Gasteiger partial charge in [0.25, 0.3) is 5.91 Å². The molecule has 2 amide bonds. The van der Waals surface area contributed by atoms with Crippen molar-refractivity contribution in [1.29, 1.82) is 0 Å². The lowest BCUT2D eigenvalue weighted by Crippen LogP contribution is -2.42. The van der Waals surface area contributed by atoms with Gasteiger partial charge in [0, 0.05) is 11.6 Å². The molecule has 0 aliphatic heterocycles. The summed E-state index contributed by atoms with van der Waals surface area (Å²) in [7, 11) is 0. The molecule has 4 heteroatoms. The molecular formula is C19H22N2O2. The minimum Gasteiger partial charge on any atom is -0.352 e. The van der Waals surface area contributed by atoms with Gasteiger partial charge in [0.2, 0.25) is 5.91 Å². The Morgan fingerprint density at radius 2 is 1.48 bits per heavy atom. The number of carbonyl (C=O) groups excluding carboxylic acids is 2. The van der Waals surface area contributed by atoms with E-state index < -0.39 is 6.04 Å². The summed E-state index contributed by atoms with van der Waals surface area (Å²) in [5.41, 5.74) is 2.37. The smallest absolute Gasteiger partial charge is 0.252 e. The molecule has 0 saturated heterocycles. The predicted octanol–water partition coefficient (Wildman–Crippen LogP) is 2.99. The Bertz CT molecular complexity index is 664. The number of nitrogens with one attached hydrogen (secondary N) is 2. The minimum absolute atomic E-state index is 0.00462. The lowest BCUT2D eigenvalue weighted by Gasteiger charge is -2.20. The van der Waals surface area contributed by atoms with E-state index in [-0.39, 0.29) is 17.9 Å². The van der Waals surface area contributed by atoms with Crippen molar-refractivity contribution < 1.29 is 9.59 Å². The van der Waals surface area contributed by atoms with Crippen molar-refractivity contribution in [2.75, 3.05) is 0 Å². The van der Waals surface area contributed by atoms with Crippen LogP contribution in [-0.2, 0) is 4.79 Å². The average Bonchev–Trinajstić information content (AvgIpc) is 2.53. The van der Waals surface area contributed by atoms with Gasteiger partial charge in [-0.3, -0.25) is 9.59 Å². The van der Waals surface area contributed by atoms with E-state index in [1.165, 1.54) is 0 Å². The summed E-state index contributed by atoms with van der Waals surface area (Å²) in [6.45, 7) is 5.74. The molecule has 0 unspecified atom stereocenters. The second-order valence-electron chi connectivity index (χ2n) is 5.85. The van der Waals surface area contributed by atoms with Crippen molar-refractivity contribution >= 4 is 11.8 Å². The lowest BCUT2D eigenvalue weighted by atomic mass is 10.0. The quantitative estimate of drug-likeness (QED) is 0.892. The van der Waals surface area contributed by atoms with Gasteiger partial charge in [-0.1, -0.05) is 48.0 Å². The Hall–Kier alpha value is -2.62. The molecule has 0 aromatic heterocycles. The number of benzene rings is 2. The van der Waals surface area contributed by atoms with Gasteiger partial charge >= 0.3 is 0 Å². The molecule has 2 rings (SSSR count). The number of carbonyl (C=O) groups is 2. The van der Waals surface area contributed by atoms with Crippen LogP contribution >= 0.6 is 0 Å². The first-order chi connectivity index (χ1) is 11.0. The minimum atomic E-state index is -0.715. The SMILES string of the molecule is Cc1ccc(C(=O)N[C@H](C(=O)NC(C)C)c2ccccc2)cc1. The second-order valence-corrected chi connectivity index (χ2v) is 5.85. The fraction of sp³-hybridized carbons (Fsp3) is 0.263. The van der Waals surface area contributed by atoms with E-state index in [1.54, 1.807) is 12.1 Å². The summed E-state index contributed by atoms with van der Waals surface area (Å²) in [5, 5.41) is 5.68. The Morgan fingerprint density at radius 1 is 0.870 bits per heavy atom. The summed E-state index contributed by atoms with van der Waals surface area (Å²) in [5.74, 6) is -0.482. The van der Waals surface area contributed by atoms with Gasteiger partial charge in [0.1, 0.15) is 6.04 Å². The van der Waals surface area contributed by atoms with Crippen molar-refractivity contribution in [2.24, 2.45) is 0 Å². The maximum atomic E-state index is 12.4. The van der Waals surface area contributed by atoms with Gasteiger partial charge in [-0.05, 0) is 38.5 Å². The van der Waals surface area contributed by atoms with Crippen LogP contribution in [-0.4, -0.2) is 17.9 Å². The molecule has 2 aromatic carbocycles. The molecule has 0 saturated carbocycles. The van der Waals surface area contributed by atoms with Gasteiger partial charge in [0.15, 0.2) is 0 Å². The molecule has 23 heavy (non-hydrogen) atoms. The van der Waals surface area contributed by atoms with Crippen LogP contribution in [0.2, 0.25) is 0 Å². The fourth-order valence-electron chi connectivity index (χ4n) is 2.23. The summed E-state index contributed by atoms with van der Waals surface area (Å²) >= 11 is 0. The third kappa shape index (κ3) is 4.68. The lowest BCUT2D eigenvalue weighted by molar-refractivity contribution is -0.123. The third-order valence-electron chi connectivity index (χ3n) is 3.42. The summed E-state index contributed by atoms with van der Waals surface area (Å²) in [4.78, 5) is 24.9. The van der Waals surface area contributed by atoms with Crippen LogP contribution in [0.1, 0.15) is 41.4 Å². The Morgan fingerprint density at radius 3 is 2.04 bits per heavy atom. The highest BCUT2D eigenvalue weighted by Crippen LogP contribution is 2.14. The number of hydrogen-bond donors (Lipinski definition) is 2. The first-order valence-corrected chi connectivity index (χ1v) is 7.70. The maximum absolute atomic E-state index is 12.4. The molecule has 0 radical (unpaired) electrons. The summed E-state index contributed by atoms with van der Waals surface area (Å²) in [6, 6.07) is 15.8. The van der Waals surface area contributed by atoms with Crippen molar-refractivity contribution in [3.8, 4) is 0 Å². The highest BCUT2D eigenvalue weighted by molar-refractivity contribution is 5.97. The average molecular weight is 310 g/mol. The molecular weight excluding hydrogens is 288 g/mol. The molecule has 2 aromatic rings. The van der Waals surface area contributed by atoms with E-state index in [0.717, 1.165) is 11.1 Å². The van der Waals surface area contributed by atoms with Crippen LogP contribution in [0.15, 0.2) is 54.6 Å².